The maximum Gasteiger partial charge on any atom is 0.0378 e. The van der Waals surface area contributed by atoms with E-state index in [1.807, 2.05) is 0 Å². The smallest absolute Gasteiger partial charge is 0.0378 e. The molecule has 2 aromatic carbocycles. The molecular formula is C21H27N. The Morgan fingerprint density at radius 1 is 0.955 bits per heavy atom. The third-order valence-corrected chi connectivity index (χ3v) is 4.88. The zero-order valence-electron chi connectivity index (χ0n) is 13.8. The van der Waals surface area contributed by atoms with Gasteiger partial charge in [-0.3, -0.25) is 0 Å². The summed E-state index contributed by atoms with van der Waals surface area (Å²) in [5, 5.41) is 3.78. The number of hydrogen-bond donors (Lipinski definition) is 1. The van der Waals surface area contributed by atoms with Crippen LogP contribution in [0.3, 0.4) is 0 Å². The summed E-state index contributed by atoms with van der Waals surface area (Å²) in [7, 11) is 0. The number of nitrogens with one attached hydrogen (secondary N) is 1. The second-order valence-corrected chi connectivity index (χ2v) is 6.63. The molecule has 2 aromatic rings. The molecule has 2 atom stereocenters. The van der Waals surface area contributed by atoms with Crippen molar-refractivity contribution in [3.8, 4) is 0 Å². The van der Waals surface area contributed by atoms with Gasteiger partial charge >= 0.3 is 0 Å². The Hall–Kier alpha value is -1.76. The van der Waals surface area contributed by atoms with Gasteiger partial charge in [0.1, 0.15) is 0 Å². The molecule has 1 heterocycles. The van der Waals surface area contributed by atoms with Crippen molar-refractivity contribution < 1.29 is 0 Å². The Morgan fingerprint density at radius 2 is 1.73 bits per heavy atom. The maximum absolute atomic E-state index is 3.78. The van der Waals surface area contributed by atoms with Crippen molar-refractivity contribution in [1.82, 2.24) is 0 Å². The van der Waals surface area contributed by atoms with E-state index >= 15 is 0 Å². The molecule has 2 unspecified atom stereocenters. The maximum atomic E-state index is 3.78. The van der Waals surface area contributed by atoms with Crippen molar-refractivity contribution in [2.24, 2.45) is 0 Å². The highest BCUT2D eigenvalue weighted by Gasteiger charge is 2.31. The lowest BCUT2D eigenvalue weighted by molar-refractivity contribution is 0.520. The minimum Gasteiger partial charge on any atom is -0.381 e. The van der Waals surface area contributed by atoms with Crippen LogP contribution in [0.15, 0.2) is 48.5 Å². The van der Waals surface area contributed by atoms with Gasteiger partial charge in [0.15, 0.2) is 0 Å². The highest BCUT2D eigenvalue weighted by atomic mass is 15.0. The molecule has 3 rings (SSSR count). The summed E-state index contributed by atoms with van der Waals surface area (Å²) in [5.74, 6) is 0.607. The number of anilines is 1. The Labute approximate surface area is 134 Å². The summed E-state index contributed by atoms with van der Waals surface area (Å²) in [4.78, 5) is 0. The monoisotopic (exact) mass is 293 g/mol. The van der Waals surface area contributed by atoms with Crippen molar-refractivity contribution in [3.63, 3.8) is 0 Å². The lowest BCUT2D eigenvalue weighted by atomic mass is 9.86. The van der Waals surface area contributed by atoms with Crippen LogP contribution >= 0.6 is 0 Å². The number of benzene rings is 2. The third-order valence-electron chi connectivity index (χ3n) is 4.88. The van der Waals surface area contributed by atoms with Crippen LogP contribution in [0, 0.1) is 6.92 Å². The second kappa shape index (κ2) is 7.00. The molecule has 0 aliphatic carbocycles. The highest BCUT2D eigenvalue weighted by molar-refractivity contribution is 5.59. The highest BCUT2D eigenvalue weighted by Crippen LogP contribution is 2.39. The lowest BCUT2D eigenvalue weighted by Gasteiger charge is -2.21. The van der Waals surface area contributed by atoms with Gasteiger partial charge in [-0.15, -0.1) is 0 Å². The molecule has 0 spiro atoms. The number of rotatable bonds is 6. The predicted molar refractivity (Wildman–Crippen MR) is 95.6 cm³/mol. The van der Waals surface area contributed by atoms with E-state index in [1.165, 1.54) is 48.1 Å². The molecule has 116 valence electrons. The SMILES string of the molecule is CCCCCC1Nc2ccccc2C1Cc1ccc(C)cc1. The molecule has 1 nitrogen and oxygen atoms in total. The molecule has 0 saturated heterocycles. The van der Waals surface area contributed by atoms with E-state index in [-0.39, 0.29) is 0 Å². The van der Waals surface area contributed by atoms with Crippen molar-refractivity contribution in [1.29, 1.82) is 0 Å². The Kier molecular flexibility index (Phi) is 4.82. The summed E-state index contributed by atoms with van der Waals surface area (Å²) in [6, 6.07) is 18.5. The molecule has 0 saturated carbocycles. The van der Waals surface area contributed by atoms with Gasteiger partial charge in [0.2, 0.25) is 0 Å². The molecular weight excluding hydrogens is 266 g/mol. The van der Waals surface area contributed by atoms with Crippen molar-refractivity contribution in [2.45, 2.75) is 57.9 Å². The minimum atomic E-state index is 0.588. The summed E-state index contributed by atoms with van der Waals surface area (Å²) in [6.07, 6.45) is 6.38. The molecule has 1 heteroatoms. The van der Waals surface area contributed by atoms with Crippen LogP contribution in [-0.2, 0) is 6.42 Å². The van der Waals surface area contributed by atoms with Gasteiger partial charge in [-0.25, -0.2) is 0 Å². The van der Waals surface area contributed by atoms with E-state index < -0.39 is 0 Å². The second-order valence-electron chi connectivity index (χ2n) is 6.63. The molecule has 0 amide bonds. The van der Waals surface area contributed by atoms with Crippen molar-refractivity contribution in [3.05, 3.63) is 65.2 Å². The first kappa shape index (κ1) is 15.1. The Bertz CT molecular complexity index is 600. The summed E-state index contributed by atoms with van der Waals surface area (Å²) < 4.78 is 0. The van der Waals surface area contributed by atoms with Gasteiger partial charge in [-0.2, -0.15) is 0 Å². The van der Waals surface area contributed by atoms with Crippen molar-refractivity contribution >= 4 is 5.69 Å². The first-order valence-electron chi connectivity index (χ1n) is 8.69. The summed E-state index contributed by atoms with van der Waals surface area (Å²) in [6.45, 7) is 4.43. The lowest BCUT2D eigenvalue weighted by Crippen LogP contribution is -2.22. The number of para-hydroxylation sites is 1. The number of hydrogen-bond acceptors (Lipinski definition) is 1. The quantitative estimate of drug-likeness (QED) is 0.674. The van der Waals surface area contributed by atoms with E-state index in [9.17, 15) is 0 Å². The van der Waals surface area contributed by atoms with Crippen molar-refractivity contribution in [2.75, 3.05) is 5.32 Å². The zero-order chi connectivity index (χ0) is 15.4. The molecule has 0 aromatic heterocycles. The molecule has 0 fully saturated rings. The largest absolute Gasteiger partial charge is 0.381 e. The fourth-order valence-corrected chi connectivity index (χ4v) is 3.59. The molecule has 0 bridgehead atoms. The fraction of sp³-hybridized carbons (Fsp3) is 0.429. The standard InChI is InChI=1S/C21H27N/c1-3-4-5-9-21-19(15-17-13-11-16(2)12-14-17)18-8-6-7-10-20(18)22-21/h6-8,10-14,19,21-22H,3-5,9,15H2,1-2H3. The number of fused-ring (bicyclic) bond motifs is 1. The summed E-state index contributed by atoms with van der Waals surface area (Å²) >= 11 is 0. The normalized spacial score (nSPS) is 19.7. The van der Waals surface area contributed by atoms with Gasteiger partial charge in [0.25, 0.3) is 0 Å². The van der Waals surface area contributed by atoms with Crippen LogP contribution in [-0.4, -0.2) is 6.04 Å². The topological polar surface area (TPSA) is 12.0 Å². The van der Waals surface area contributed by atoms with Crippen LogP contribution in [0.5, 0.6) is 0 Å². The minimum absolute atomic E-state index is 0.588. The average molecular weight is 293 g/mol. The first-order chi connectivity index (χ1) is 10.8. The van der Waals surface area contributed by atoms with Gasteiger partial charge in [0.05, 0.1) is 0 Å². The van der Waals surface area contributed by atoms with Crippen LogP contribution < -0.4 is 5.32 Å². The Balaban J connectivity index is 1.78. The molecule has 0 radical (unpaired) electrons. The van der Waals surface area contributed by atoms with Crippen LogP contribution in [0.4, 0.5) is 5.69 Å². The predicted octanol–water partition coefficient (Wildman–Crippen LogP) is 5.70. The zero-order valence-corrected chi connectivity index (χ0v) is 13.8. The Morgan fingerprint density at radius 3 is 2.50 bits per heavy atom. The first-order valence-corrected chi connectivity index (χ1v) is 8.69. The van der Waals surface area contributed by atoms with Gasteiger partial charge in [0, 0.05) is 17.6 Å². The molecule has 1 N–H and O–H groups in total. The average Bonchev–Trinajstić information content (AvgIpc) is 2.88. The summed E-state index contributed by atoms with van der Waals surface area (Å²) in [5.41, 5.74) is 5.65. The van der Waals surface area contributed by atoms with Crippen LogP contribution in [0.25, 0.3) is 0 Å². The van der Waals surface area contributed by atoms with Crippen LogP contribution in [0.2, 0.25) is 0 Å². The fourth-order valence-electron chi connectivity index (χ4n) is 3.59. The van der Waals surface area contributed by atoms with E-state index in [1.54, 1.807) is 0 Å². The number of aryl methyl sites for hydroxylation is 1. The molecule has 1 aliphatic rings. The van der Waals surface area contributed by atoms with E-state index in [0.29, 0.717) is 12.0 Å². The van der Waals surface area contributed by atoms with Gasteiger partial charge in [-0.05, 0) is 37.0 Å². The number of unbranched alkanes of at least 4 members (excludes halogenated alkanes) is 2. The van der Waals surface area contributed by atoms with E-state index in [4.69, 9.17) is 0 Å². The molecule has 22 heavy (non-hydrogen) atoms. The van der Waals surface area contributed by atoms with E-state index in [2.05, 4.69) is 67.7 Å². The molecule has 1 aliphatic heterocycles. The van der Waals surface area contributed by atoms with Gasteiger partial charge in [-0.1, -0.05) is 74.2 Å². The van der Waals surface area contributed by atoms with Gasteiger partial charge < -0.3 is 5.32 Å². The van der Waals surface area contributed by atoms with Crippen LogP contribution in [0.1, 0.15) is 55.2 Å². The van der Waals surface area contributed by atoms with E-state index in [0.717, 1.165) is 6.42 Å². The third kappa shape index (κ3) is 3.35.